The highest BCUT2D eigenvalue weighted by Gasteiger charge is 2.24. The molecule has 0 aliphatic carbocycles. The lowest BCUT2D eigenvalue weighted by Crippen LogP contribution is -2.48. The largest absolute Gasteiger partial charge is 0.345 e. The Kier molecular flexibility index (Phi) is 3.45. The molecule has 1 amide bonds. The summed E-state index contributed by atoms with van der Waals surface area (Å²) in [4.78, 5) is 28.4. The topological polar surface area (TPSA) is 78.0 Å². The molecule has 118 valence electrons. The maximum atomic E-state index is 12.7. The van der Waals surface area contributed by atoms with E-state index < -0.39 is 0 Å². The third kappa shape index (κ3) is 2.65. The molecule has 0 bridgehead atoms. The Balaban J connectivity index is 1.46. The van der Waals surface area contributed by atoms with Gasteiger partial charge in [-0.15, -0.1) is 0 Å². The molecule has 23 heavy (non-hydrogen) atoms. The van der Waals surface area contributed by atoms with Gasteiger partial charge in [-0.05, 0) is 25.1 Å². The van der Waals surface area contributed by atoms with Crippen LogP contribution in [0.15, 0.2) is 24.5 Å². The van der Waals surface area contributed by atoms with E-state index in [4.69, 9.17) is 0 Å². The lowest BCUT2D eigenvalue weighted by Gasteiger charge is -2.34. The number of imidazole rings is 1. The number of anilines is 1. The smallest absolute Gasteiger partial charge is 0.254 e. The van der Waals surface area contributed by atoms with Crippen LogP contribution in [-0.2, 0) is 0 Å². The predicted molar refractivity (Wildman–Crippen MR) is 88.9 cm³/mol. The number of aryl methyl sites for hydroxylation is 1. The molecule has 3 heterocycles. The van der Waals surface area contributed by atoms with Gasteiger partial charge in [0.2, 0.25) is 5.13 Å². The molecule has 8 heteroatoms. The van der Waals surface area contributed by atoms with Gasteiger partial charge in [-0.2, -0.15) is 4.37 Å². The fourth-order valence-electron chi connectivity index (χ4n) is 2.77. The molecule has 1 aromatic carbocycles. The van der Waals surface area contributed by atoms with E-state index in [1.165, 1.54) is 11.5 Å². The van der Waals surface area contributed by atoms with Crippen molar-refractivity contribution in [2.45, 2.75) is 6.92 Å². The molecular weight excluding hydrogens is 312 g/mol. The van der Waals surface area contributed by atoms with Crippen LogP contribution in [-0.4, -0.2) is 56.3 Å². The number of H-pyrrole nitrogens is 1. The summed E-state index contributed by atoms with van der Waals surface area (Å²) in [6.45, 7) is 4.85. The molecular formula is C15H16N6OS. The first-order valence-electron chi connectivity index (χ1n) is 7.48. The molecule has 3 aromatic rings. The quantitative estimate of drug-likeness (QED) is 0.774. The zero-order valence-corrected chi connectivity index (χ0v) is 13.5. The van der Waals surface area contributed by atoms with Crippen molar-refractivity contribution in [1.82, 2.24) is 24.2 Å². The second-order valence-corrected chi connectivity index (χ2v) is 6.27. The minimum Gasteiger partial charge on any atom is -0.345 e. The summed E-state index contributed by atoms with van der Waals surface area (Å²) in [6, 6.07) is 5.58. The van der Waals surface area contributed by atoms with Gasteiger partial charge < -0.3 is 14.8 Å². The van der Waals surface area contributed by atoms with Crippen LogP contribution in [0.1, 0.15) is 16.2 Å². The van der Waals surface area contributed by atoms with Crippen molar-refractivity contribution in [2.24, 2.45) is 0 Å². The van der Waals surface area contributed by atoms with E-state index in [-0.39, 0.29) is 5.91 Å². The van der Waals surface area contributed by atoms with Crippen LogP contribution in [0.25, 0.3) is 11.0 Å². The summed E-state index contributed by atoms with van der Waals surface area (Å²) in [7, 11) is 0. The van der Waals surface area contributed by atoms with Crippen LogP contribution in [0, 0.1) is 6.92 Å². The molecule has 1 N–H and O–H groups in total. The van der Waals surface area contributed by atoms with Crippen molar-refractivity contribution >= 4 is 33.6 Å². The normalized spacial score (nSPS) is 15.3. The average molecular weight is 328 g/mol. The van der Waals surface area contributed by atoms with Gasteiger partial charge in [-0.1, -0.05) is 0 Å². The molecule has 4 rings (SSSR count). The van der Waals surface area contributed by atoms with Gasteiger partial charge in [0.05, 0.1) is 17.4 Å². The minimum absolute atomic E-state index is 0.0644. The van der Waals surface area contributed by atoms with Gasteiger partial charge >= 0.3 is 0 Å². The first kappa shape index (κ1) is 14.1. The number of carbonyl (C=O) groups is 1. The van der Waals surface area contributed by atoms with Crippen LogP contribution < -0.4 is 4.90 Å². The molecule has 1 aliphatic heterocycles. The second kappa shape index (κ2) is 5.62. The zero-order valence-electron chi connectivity index (χ0n) is 12.7. The molecule has 1 fully saturated rings. The lowest BCUT2D eigenvalue weighted by atomic mass is 10.1. The highest BCUT2D eigenvalue weighted by atomic mass is 32.1. The van der Waals surface area contributed by atoms with Crippen LogP contribution in [0.5, 0.6) is 0 Å². The number of nitrogens with zero attached hydrogens (tertiary/aromatic N) is 5. The maximum Gasteiger partial charge on any atom is 0.254 e. The summed E-state index contributed by atoms with van der Waals surface area (Å²) in [6.07, 6.45) is 1.64. The molecule has 7 nitrogen and oxygen atoms in total. The van der Waals surface area contributed by atoms with E-state index in [9.17, 15) is 4.79 Å². The number of rotatable bonds is 2. The van der Waals surface area contributed by atoms with Crippen LogP contribution in [0.3, 0.4) is 0 Å². The Bertz CT molecular complexity index is 848. The molecule has 0 atom stereocenters. The lowest BCUT2D eigenvalue weighted by molar-refractivity contribution is 0.0747. The molecule has 2 aromatic heterocycles. The molecule has 1 saturated heterocycles. The number of hydrogen-bond acceptors (Lipinski definition) is 6. The standard InChI is InChI=1S/C15H16N6OS/c1-10-18-15(23-19-10)21-6-4-20(5-7-21)14(22)11-2-3-12-13(8-11)17-9-16-12/h2-3,8-9H,4-7H2,1H3,(H,16,17). The first-order valence-corrected chi connectivity index (χ1v) is 8.26. The van der Waals surface area contributed by atoms with Gasteiger partial charge in [0, 0.05) is 43.3 Å². The average Bonchev–Trinajstić information content (AvgIpc) is 3.22. The summed E-state index contributed by atoms with van der Waals surface area (Å²) in [5.41, 5.74) is 2.46. The van der Waals surface area contributed by atoms with Gasteiger partial charge in [-0.3, -0.25) is 4.79 Å². The Morgan fingerprint density at radius 2 is 2.09 bits per heavy atom. The van der Waals surface area contributed by atoms with E-state index in [1.54, 1.807) is 6.33 Å². The summed E-state index contributed by atoms with van der Waals surface area (Å²) in [5, 5.41) is 0.938. The number of benzene rings is 1. The number of nitrogens with one attached hydrogen (secondary N) is 1. The van der Waals surface area contributed by atoms with Crippen molar-refractivity contribution in [3.63, 3.8) is 0 Å². The minimum atomic E-state index is 0.0644. The number of hydrogen-bond donors (Lipinski definition) is 1. The summed E-state index contributed by atoms with van der Waals surface area (Å²) < 4.78 is 4.22. The van der Waals surface area contributed by atoms with E-state index in [1.807, 2.05) is 30.0 Å². The number of piperazine rings is 1. The van der Waals surface area contributed by atoms with Crippen molar-refractivity contribution in [3.8, 4) is 0 Å². The monoisotopic (exact) mass is 328 g/mol. The fourth-order valence-corrected chi connectivity index (χ4v) is 3.49. The molecule has 0 saturated carbocycles. The van der Waals surface area contributed by atoms with E-state index in [2.05, 4.69) is 24.2 Å². The molecule has 0 unspecified atom stereocenters. The third-order valence-electron chi connectivity index (χ3n) is 4.02. The highest BCUT2D eigenvalue weighted by Crippen LogP contribution is 2.20. The fraction of sp³-hybridized carbons (Fsp3) is 0.333. The summed E-state index contributed by atoms with van der Waals surface area (Å²) in [5.74, 6) is 0.867. The van der Waals surface area contributed by atoms with Crippen LogP contribution >= 0.6 is 11.5 Å². The number of aromatic nitrogens is 4. The number of carbonyl (C=O) groups excluding carboxylic acids is 1. The van der Waals surface area contributed by atoms with Crippen LogP contribution in [0.4, 0.5) is 5.13 Å². The predicted octanol–water partition coefficient (Wildman–Crippen LogP) is 1.69. The highest BCUT2D eigenvalue weighted by molar-refractivity contribution is 7.09. The van der Waals surface area contributed by atoms with Gasteiger partial charge in [-0.25, -0.2) is 9.97 Å². The van der Waals surface area contributed by atoms with Gasteiger partial charge in [0.25, 0.3) is 5.91 Å². The molecule has 0 spiro atoms. The Morgan fingerprint density at radius 1 is 1.26 bits per heavy atom. The van der Waals surface area contributed by atoms with Crippen molar-refractivity contribution in [1.29, 1.82) is 0 Å². The third-order valence-corrected chi connectivity index (χ3v) is 4.89. The SMILES string of the molecule is Cc1nsc(N2CCN(C(=O)c3ccc4nc[nH]c4c3)CC2)n1. The second-order valence-electron chi connectivity index (χ2n) is 5.54. The van der Waals surface area contributed by atoms with Gasteiger partial charge in [0.1, 0.15) is 5.82 Å². The van der Waals surface area contributed by atoms with Gasteiger partial charge in [0.15, 0.2) is 0 Å². The first-order chi connectivity index (χ1) is 11.2. The Labute approximate surface area is 137 Å². The van der Waals surface area contributed by atoms with E-state index in [0.29, 0.717) is 18.7 Å². The van der Waals surface area contributed by atoms with Crippen molar-refractivity contribution < 1.29 is 4.79 Å². The van der Waals surface area contributed by atoms with Crippen LogP contribution in [0.2, 0.25) is 0 Å². The molecule has 1 aliphatic rings. The maximum absolute atomic E-state index is 12.7. The Hall–Kier alpha value is -2.48. The molecule has 0 radical (unpaired) electrons. The number of aromatic amines is 1. The summed E-state index contributed by atoms with van der Waals surface area (Å²) >= 11 is 1.41. The zero-order chi connectivity index (χ0) is 15.8. The van der Waals surface area contributed by atoms with Crippen molar-refractivity contribution in [3.05, 3.63) is 35.9 Å². The number of fused-ring (bicyclic) bond motifs is 1. The van der Waals surface area contributed by atoms with Crippen molar-refractivity contribution in [2.75, 3.05) is 31.1 Å². The van der Waals surface area contributed by atoms with E-state index in [0.717, 1.165) is 35.1 Å². The van der Waals surface area contributed by atoms with E-state index >= 15 is 0 Å². The Morgan fingerprint density at radius 3 is 2.83 bits per heavy atom. The number of amides is 1.